The van der Waals surface area contributed by atoms with Gasteiger partial charge in [-0.2, -0.15) is 0 Å². The molecule has 2 atom stereocenters. The SMILES string of the molecule is CN=C(NCC(C)c1cccs1)NC(C)c1cc(OC)ccc1OC. The highest BCUT2D eigenvalue weighted by molar-refractivity contribution is 7.10. The number of hydrogen-bond donors (Lipinski definition) is 2. The van der Waals surface area contributed by atoms with Gasteiger partial charge in [0.2, 0.25) is 0 Å². The van der Waals surface area contributed by atoms with E-state index in [1.165, 1.54) is 4.88 Å². The number of rotatable bonds is 7. The van der Waals surface area contributed by atoms with Gasteiger partial charge >= 0.3 is 0 Å². The van der Waals surface area contributed by atoms with Crippen molar-refractivity contribution in [1.82, 2.24) is 10.6 Å². The zero-order valence-electron chi connectivity index (χ0n) is 15.5. The van der Waals surface area contributed by atoms with Crippen molar-refractivity contribution in [3.63, 3.8) is 0 Å². The average molecular weight is 362 g/mol. The van der Waals surface area contributed by atoms with Crippen LogP contribution in [-0.2, 0) is 0 Å². The zero-order chi connectivity index (χ0) is 18.2. The minimum absolute atomic E-state index is 0.0216. The van der Waals surface area contributed by atoms with Crippen LogP contribution in [0.1, 0.15) is 36.2 Å². The van der Waals surface area contributed by atoms with Crippen molar-refractivity contribution in [3.05, 3.63) is 46.2 Å². The Balaban J connectivity index is 2.01. The molecule has 0 saturated carbocycles. The van der Waals surface area contributed by atoms with Crippen LogP contribution in [0.5, 0.6) is 11.5 Å². The summed E-state index contributed by atoms with van der Waals surface area (Å²) in [5.41, 5.74) is 1.02. The van der Waals surface area contributed by atoms with E-state index >= 15 is 0 Å². The molecule has 0 aliphatic carbocycles. The maximum absolute atomic E-state index is 5.47. The van der Waals surface area contributed by atoms with E-state index in [1.54, 1.807) is 32.6 Å². The molecule has 6 heteroatoms. The van der Waals surface area contributed by atoms with E-state index in [4.69, 9.17) is 9.47 Å². The Morgan fingerprint density at radius 1 is 1.20 bits per heavy atom. The Hall–Kier alpha value is -2.21. The second-order valence-electron chi connectivity index (χ2n) is 5.84. The van der Waals surface area contributed by atoms with Gasteiger partial charge < -0.3 is 20.1 Å². The van der Waals surface area contributed by atoms with Crippen LogP contribution >= 0.6 is 11.3 Å². The largest absolute Gasteiger partial charge is 0.497 e. The molecule has 2 unspecified atom stereocenters. The molecule has 0 radical (unpaired) electrons. The van der Waals surface area contributed by atoms with Crippen LogP contribution in [0, 0.1) is 0 Å². The van der Waals surface area contributed by atoms with Gasteiger partial charge in [-0.05, 0) is 36.6 Å². The zero-order valence-corrected chi connectivity index (χ0v) is 16.3. The Morgan fingerprint density at radius 2 is 2.00 bits per heavy atom. The van der Waals surface area contributed by atoms with Crippen molar-refractivity contribution in [1.29, 1.82) is 0 Å². The second kappa shape index (κ2) is 9.32. The molecular weight excluding hydrogens is 334 g/mol. The molecule has 2 rings (SSSR count). The molecule has 2 aromatic rings. The molecule has 1 aromatic carbocycles. The first-order valence-electron chi connectivity index (χ1n) is 8.31. The van der Waals surface area contributed by atoms with E-state index < -0.39 is 0 Å². The molecule has 0 spiro atoms. The molecule has 0 fully saturated rings. The van der Waals surface area contributed by atoms with Crippen LogP contribution in [0.25, 0.3) is 0 Å². The minimum Gasteiger partial charge on any atom is -0.497 e. The number of ether oxygens (including phenoxy) is 2. The molecule has 136 valence electrons. The summed E-state index contributed by atoms with van der Waals surface area (Å²) in [6, 6.07) is 10.1. The van der Waals surface area contributed by atoms with Crippen LogP contribution < -0.4 is 20.1 Å². The van der Waals surface area contributed by atoms with E-state index in [2.05, 4.69) is 47.0 Å². The van der Waals surface area contributed by atoms with Crippen LogP contribution in [-0.4, -0.2) is 33.8 Å². The van der Waals surface area contributed by atoms with Gasteiger partial charge in [0.1, 0.15) is 11.5 Å². The predicted octanol–water partition coefficient (Wildman–Crippen LogP) is 3.80. The van der Waals surface area contributed by atoms with Gasteiger partial charge in [0.05, 0.1) is 20.3 Å². The number of aliphatic imine (C=N–C) groups is 1. The van der Waals surface area contributed by atoms with Crippen LogP contribution in [0.3, 0.4) is 0 Å². The van der Waals surface area contributed by atoms with Crippen LogP contribution in [0.4, 0.5) is 0 Å². The number of methoxy groups -OCH3 is 2. The highest BCUT2D eigenvalue weighted by Gasteiger charge is 2.15. The van der Waals surface area contributed by atoms with Crippen LogP contribution in [0.15, 0.2) is 40.7 Å². The van der Waals surface area contributed by atoms with Crippen molar-refractivity contribution in [2.75, 3.05) is 27.8 Å². The highest BCUT2D eigenvalue weighted by Crippen LogP contribution is 2.29. The molecule has 5 nitrogen and oxygen atoms in total. The van der Waals surface area contributed by atoms with E-state index in [0.29, 0.717) is 5.92 Å². The number of guanidine groups is 1. The topological polar surface area (TPSA) is 54.9 Å². The first-order chi connectivity index (χ1) is 12.1. The molecule has 1 aromatic heterocycles. The lowest BCUT2D eigenvalue weighted by atomic mass is 10.1. The molecule has 0 saturated heterocycles. The van der Waals surface area contributed by atoms with Crippen molar-refractivity contribution in [2.45, 2.75) is 25.8 Å². The second-order valence-corrected chi connectivity index (χ2v) is 6.82. The summed E-state index contributed by atoms with van der Waals surface area (Å²) in [6.07, 6.45) is 0. The van der Waals surface area contributed by atoms with Crippen molar-refractivity contribution >= 4 is 17.3 Å². The van der Waals surface area contributed by atoms with Gasteiger partial charge in [-0.3, -0.25) is 4.99 Å². The van der Waals surface area contributed by atoms with Crippen molar-refractivity contribution < 1.29 is 9.47 Å². The number of nitrogens with one attached hydrogen (secondary N) is 2. The fourth-order valence-electron chi connectivity index (χ4n) is 2.58. The standard InChI is InChI=1S/C19H27N3O2S/c1-13(18-7-6-10-25-18)12-21-19(20-3)22-14(2)16-11-15(23-4)8-9-17(16)24-5/h6-11,13-14H,12H2,1-5H3,(H2,20,21,22). The van der Waals surface area contributed by atoms with Crippen LogP contribution in [0.2, 0.25) is 0 Å². The summed E-state index contributed by atoms with van der Waals surface area (Å²) >= 11 is 1.78. The molecule has 0 bridgehead atoms. The molecule has 0 aliphatic rings. The van der Waals surface area contributed by atoms with E-state index in [9.17, 15) is 0 Å². The van der Waals surface area contributed by atoms with E-state index in [-0.39, 0.29) is 6.04 Å². The van der Waals surface area contributed by atoms with Crippen molar-refractivity contribution in [3.8, 4) is 11.5 Å². The summed E-state index contributed by atoms with van der Waals surface area (Å²) in [6.45, 7) is 5.11. The molecule has 0 aliphatic heterocycles. The summed E-state index contributed by atoms with van der Waals surface area (Å²) < 4.78 is 10.8. The third-order valence-electron chi connectivity index (χ3n) is 4.08. The smallest absolute Gasteiger partial charge is 0.191 e. The molecule has 1 heterocycles. The first-order valence-corrected chi connectivity index (χ1v) is 9.19. The predicted molar refractivity (Wildman–Crippen MR) is 105 cm³/mol. The Morgan fingerprint density at radius 3 is 2.60 bits per heavy atom. The fourth-order valence-corrected chi connectivity index (χ4v) is 3.36. The lowest BCUT2D eigenvalue weighted by Crippen LogP contribution is -2.40. The lowest BCUT2D eigenvalue weighted by molar-refractivity contribution is 0.394. The van der Waals surface area contributed by atoms with Gasteiger partial charge in [0, 0.05) is 30.0 Å². The summed E-state index contributed by atoms with van der Waals surface area (Å²) in [5.74, 6) is 2.82. The normalized spacial score (nSPS) is 13.9. The summed E-state index contributed by atoms with van der Waals surface area (Å²) in [4.78, 5) is 5.70. The average Bonchev–Trinajstić information content (AvgIpc) is 3.18. The Bertz CT molecular complexity index is 686. The fraction of sp³-hybridized carbons (Fsp3) is 0.421. The number of hydrogen-bond acceptors (Lipinski definition) is 4. The van der Waals surface area contributed by atoms with Crippen molar-refractivity contribution in [2.24, 2.45) is 4.99 Å². The van der Waals surface area contributed by atoms with Gasteiger partial charge in [0.25, 0.3) is 0 Å². The maximum atomic E-state index is 5.47. The third kappa shape index (κ3) is 5.13. The number of benzene rings is 1. The highest BCUT2D eigenvalue weighted by atomic mass is 32.1. The van der Waals surface area contributed by atoms with Gasteiger partial charge in [0.15, 0.2) is 5.96 Å². The van der Waals surface area contributed by atoms with Gasteiger partial charge in [-0.1, -0.05) is 13.0 Å². The quantitative estimate of drug-likeness (QED) is 0.582. The molecule has 2 N–H and O–H groups in total. The lowest BCUT2D eigenvalue weighted by Gasteiger charge is -2.21. The van der Waals surface area contributed by atoms with E-state index in [1.807, 2.05) is 18.2 Å². The number of thiophene rings is 1. The monoisotopic (exact) mass is 361 g/mol. The summed E-state index contributed by atoms with van der Waals surface area (Å²) in [7, 11) is 5.12. The maximum Gasteiger partial charge on any atom is 0.191 e. The Labute approximate surface area is 154 Å². The van der Waals surface area contributed by atoms with E-state index in [0.717, 1.165) is 29.6 Å². The van der Waals surface area contributed by atoms with Gasteiger partial charge in [-0.25, -0.2) is 0 Å². The summed E-state index contributed by atoms with van der Waals surface area (Å²) in [5, 5.41) is 8.92. The molecular formula is C19H27N3O2S. The van der Waals surface area contributed by atoms with Gasteiger partial charge in [-0.15, -0.1) is 11.3 Å². The minimum atomic E-state index is 0.0216. The number of nitrogens with zero attached hydrogens (tertiary/aromatic N) is 1. The molecule has 0 amide bonds. The first kappa shape index (κ1) is 19.1. The molecule has 25 heavy (non-hydrogen) atoms. The third-order valence-corrected chi connectivity index (χ3v) is 5.19. The Kier molecular flexibility index (Phi) is 7.13.